The molecule has 0 fully saturated rings. The minimum atomic E-state index is 0.893. The predicted octanol–water partition coefficient (Wildman–Crippen LogP) is 2.14. The molecule has 0 aromatic rings. The van der Waals surface area contributed by atoms with E-state index in [9.17, 15) is 0 Å². The fourth-order valence-electron chi connectivity index (χ4n) is 0.429. The smallest absolute Gasteiger partial charge is 0.0129 e. The van der Waals surface area contributed by atoms with Crippen LogP contribution in [0.2, 0.25) is 0 Å². The molecule has 0 N–H and O–H groups in total. The molecule has 0 aliphatic heterocycles. The minimum Gasteiger partial charge on any atom is -0.115 e. The Labute approximate surface area is 50.9 Å². The van der Waals surface area contributed by atoms with Crippen molar-refractivity contribution in [2.24, 2.45) is 0 Å². The fraction of sp³-hybridized carbons (Fsp3) is 0.250. The molecule has 0 amide bonds. The number of allylic oxidation sites excluding steroid dienone is 3. The van der Waals surface area contributed by atoms with E-state index < -0.39 is 0 Å². The fourth-order valence-corrected chi connectivity index (χ4v) is 0.429. The average Bonchev–Trinajstić information content (AvgIpc) is 1.68. The van der Waals surface area contributed by atoms with Crippen LogP contribution in [0.5, 0.6) is 0 Å². The third-order valence-corrected chi connectivity index (χ3v) is 0.796. The Hall–Kier alpha value is -0.960. The summed E-state index contributed by atoms with van der Waals surface area (Å²) in [5.74, 6) is 2.44. The zero-order chi connectivity index (χ0) is 6.41. The largest absolute Gasteiger partial charge is 0.115 e. The van der Waals surface area contributed by atoms with Crippen LogP contribution in [0.1, 0.15) is 13.3 Å². The molecule has 0 unspecified atom stereocenters. The molecule has 42 valence electrons. The third-order valence-electron chi connectivity index (χ3n) is 0.796. The van der Waals surface area contributed by atoms with Crippen molar-refractivity contribution >= 4 is 0 Å². The monoisotopic (exact) mass is 106 g/mol. The molecule has 0 rings (SSSR count). The van der Waals surface area contributed by atoms with Gasteiger partial charge in [0.05, 0.1) is 0 Å². The molecular weight excluding hydrogens is 96.1 g/mol. The maximum atomic E-state index is 5.00. The molecule has 0 nitrogen and oxygen atoms in total. The first kappa shape index (κ1) is 7.04. The highest BCUT2D eigenvalue weighted by Gasteiger charge is 1.78. The summed E-state index contributed by atoms with van der Waals surface area (Å²) < 4.78 is 0. The quantitative estimate of drug-likeness (QED) is 0.373. The number of terminal acetylenes is 1. The first-order chi connectivity index (χ1) is 3.81. The molecule has 0 saturated heterocycles. The molecule has 0 heteroatoms. The van der Waals surface area contributed by atoms with Gasteiger partial charge in [-0.05, 0) is 19.4 Å². The van der Waals surface area contributed by atoms with E-state index in [1.54, 1.807) is 6.08 Å². The summed E-state index contributed by atoms with van der Waals surface area (Å²) in [6.45, 7) is 5.56. The molecule has 0 bridgehead atoms. The standard InChI is InChI=1S/C8H10/c1-4-6-8(3)7-5-2/h1,5-6H,2,7H2,3H3/b8-6+. The Morgan fingerprint density at radius 3 is 2.88 bits per heavy atom. The Morgan fingerprint density at radius 1 is 1.88 bits per heavy atom. The van der Waals surface area contributed by atoms with Gasteiger partial charge in [0.15, 0.2) is 0 Å². The van der Waals surface area contributed by atoms with E-state index >= 15 is 0 Å². The lowest BCUT2D eigenvalue weighted by atomic mass is 10.2. The molecule has 0 saturated carbocycles. The number of hydrogen-bond acceptors (Lipinski definition) is 0. The second kappa shape index (κ2) is 4.21. The van der Waals surface area contributed by atoms with Crippen LogP contribution in [0.4, 0.5) is 0 Å². The van der Waals surface area contributed by atoms with Gasteiger partial charge < -0.3 is 0 Å². The van der Waals surface area contributed by atoms with E-state index in [0.717, 1.165) is 6.42 Å². The van der Waals surface area contributed by atoms with Crippen LogP contribution in [-0.2, 0) is 0 Å². The summed E-state index contributed by atoms with van der Waals surface area (Å²) >= 11 is 0. The normalized spacial score (nSPS) is 10.2. The lowest BCUT2D eigenvalue weighted by Crippen LogP contribution is -1.67. The molecule has 0 spiro atoms. The van der Waals surface area contributed by atoms with Crippen LogP contribution in [0.25, 0.3) is 0 Å². The second-order valence-electron chi connectivity index (χ2n) is 1.65. The maximum Gasteiger partial charge on any atom is -0.0129 e. The summed E-state index contributed by atoms with van der Waals surface area (Å²) in [7, 11) is 0. The average molecular weight is 106 g/mol. The van der Waals surface area contributed by atoms with Crippen LogP contribution < -0.4 is 0 Å². The molecule has 0 radical (unpaired) electrons. The van der Waals surface area contributed by atoms with Gasteiger partial charge in [-0.15, -0.1) is 13.0 Å². The Balaban J connectivity index is 3.65. The van der Waals surface area contributed by atoms with Crippen molar-refractivity contribution in [3.05, 3.63) is 24.3 Å². The molecule has 0 aliphatic carbocycles. The van der Waals surface area contributed by atoms with E-state index in [1.807, 2.05) is 13.0 Å². The van der Waals surface area contributed by atoms with E-state index in [1.165, 1.54) is 5.57 Å². The molecule has 0 aromatic heterocycles. The van der Waals surface area contributed by atoms with Gasteiger partial charge in [0.1, 0.15) is 0 Å². The topological polar surface area (TPSA) is 0 Å². The molecule has 0 atom stereocenters. The second-order valence-corrected chi connectivity index (χ2v) is 1.65. The predicted molar refractivity (Wildman–Crippen MR) is 37.4 cm³/mol. The molecule has 0 aliphatic rings. The summed E-state index contributed by atoms with van der Waals surface area (Å²) in [4.78, 5) is 0. The van der Waals surface area contributed by atoms with Gasteiger partial charge in [0.25, 0.3) is 0 Å². The molecular formula is C8H10. The van der Waals surface area contributed by atoms with Crippen molar-refractivity contribution in [1.82, 2.24) is 0 Å². The van der Waals surface area contributed by atoms with Crippen LogP contribution in [0.15, 0.2) is 24.3 Å². The van der Waals surface area contributed by atoms with Gasteiger partial charge in [0.2, 0.25) is 0 Å². The lowest BCUT2D eigenvalue weighted by molar-refractivity contribution is 1.22. The zero-order valence-electron chi connectivity index (χ0n) is 5.15. The highest BCUT2D eigenvalue weighted by atomic mass is 13.8. The van der Waals surface area contributed by atoms with Gasteiger partial charge in [-0.2, -0.15) is 0 Å². The Bertz CT molecular complexity index is 133. The van der Waals surface area contributed by atoms with E-state index in [-0.39, 0.29) is 0 Å². The van der Waals surface area contributed by atoms with Crippen molar-refractivity contribution in [3.8, 4) is 12.3 Å². The van der Waals surface area contributed by atoms with Crippen LogP contribution >= 0.6 is 0 Å². The van der Waals surface area contributed by atoms with Gasteiger partial charge in [0, 0.05) is 0 Å². The summed E-state index contributed by atoms with van der Waals surface area (Å²) in [5, 5.41) is 0. The third kappa shape index (κ3) is 3.24. The van der Waals surface area contributed by atoms with Crippen molar-refractivity contribution in [1.29, 1.82) is 0 Å². The highest BCUT2D eigenvalue weighted by Crippen LogP contribution is 1.97. The van der Waals surface area contributed by atoms with Gasteiger partial charge >= 0.3 is 0 Å². The molecule has 0 heterocycles. The van der Waals surface area contributed by atoms with Gasteiger partial charge in [-0.25, -0.2) is 0 Å². The first-order valence-electron chi connectivity index (χ1n) is 2.54. The van der Waals surface area contributed by atoms with Crippen molar-refractivity contribution < 1.29 is 0 Å². The highest BCUT2D eigenvalue weighted by molar-refractivity contribution is 5.17. The summed E-state index contributed by atoms with van der Waals surface area (Å²) in [6, 6.07) is 0. The zero-order valence-corrected chi connectivity index (χ0v) is 5.15. The van der Waals surface area contributed by atoms with E-state index in [0.29, 0.717) is 0 Å². The Morgan fingerprint density at radius 2 is 2.50 bits per heavy atom. The number of rotatable bonds is 2. The Kier molecular flexibility index (Phi) is 3.70. The van der Waals surface area contributed by atoms with Gasteiger partial charge in [-0.3, -0.25) is 0 Å². The number of hydrogen-bond donors (Lipinski definition) is 0. The van der Waals surface area contributed by atoms with Crippen LogP contribution in [0.3, 0.4) is 0 Å². The van der Waals surface area contributed by atoms with Crippen LogP contribution in [-0.4, -0.2) is 0 Å². The summed E-state index contributed by atoms with van der Waals surface area (Å²) in [6.07, 6.45) is 9.48. The van der Waals surface area contributed by atoms with Crippen molar-refractivity contribution in [3.63, 3.8) is 0 Å². The van der Waals surface area contributed by atoms with Gasteiger partial charge in [-0.1, -0.05) is 17.6 Å². The summed E-state index contributed by atoms with van der Waals surface area (Å²) in [5.41, 5.74) is 1.18. The molecule has 0 aromatic carbocycles. The molecule has 8 heavy (non-hydrogen) atoms. The minimum absolute atomic E-state index is 0.893. The van der Waals surface area contributed by atoms with Crippen molar-refractivity contribution in [2.75, 3.05) is 0 Å². The SMILES string of the molecule is C#C/C=C(\C)CC=C. The first-order valence-corrected chi connectivity index (χ1v) is 2.54. The van der Waals surface area contributed by atoms with E-state index in [4.69, 9.17) is 6.42 Å². The van der Waals surface area contributed by atoms with Crippen LogP contribution in [0, 0.1) is 12.3 Å². The lowest BCUT2D eigenvalue weighted by Gasteiger charge is -1.86. The van der Waals surface area contributed by atoms with E-state index in [2.05, 4.69) is 12.5 Å². The van der Waals surface area contributed by atoms with Crippen molar-refractivity contribution in [2.45, 2.75) is 13.3 Å². The maximum absolute atomic E-state index is 5.00.